The van der Waals surface area contributed by atoms with Crippen LogP contribution in [0.2, 0.25) is 0 Å². The standard InChI is InChI=1S/C24H28O2/c1-18(2)23(25)26-24(20-10-6-4-7-11-20,21-12-8-5-9-13-21)22-16-14-19(3)15-17-22/h4-13,19,22H,1,14-17H2,2-3H3. The number of rotatable bonds is 5. The van der Waals surface area contributed by atoms with Crippen molar-refractivity contribution >= 4 is 5.97 Å². The van der Waals surface area contributed by atoms with Gasteiger partial charge in [-0.15, -0.1) is 0 Å². The third kappa shape index (κ3) is 3.60. The zero-order valence-corrected chi connectivity index (χ0v) is 15.8. The van der Waals surface area contributed by atoms with Crippen molar-refractivity contribution in [2.24, 2.45) is 11.8 Å². The highest BCUT2D eigenvalue weighted by Crippen LogP contribution is 2.48. The topological polar surface area (TPSA) is 26.3 Å². The molecule has 0 atom stereocenters. The van der Waals surface area contributed by atoms with Crippen molar-refractivity contribution in [2.75, 3.05) is 0 Å². The van der Waals surface area contributed by atoms with Gasteiger partial charge in [-0.1, -0.05) is 87.0 Å². The molecule has 2 heteroatoms. The van der Waals surface area contributed by atoms with E-state index in [-0.39, 0.29) is 11.9 Å². The van der Waals surface area contributed by atoms with E-state index in [1.54, 1.807) is 6.92 Å². The second-order valence-corrected chi connectivity index (χ2v) is 7.59. The van der Waals surface area contributed by atoms with Crippen molar-refractivity contribution in [3.05, 3.63) is 83.9 Å². The quantitative estimate of drug-likeness (QED) is 0.498. The molecule has 3 rings (SSSR count). The molecule has 0 bridgehead atoms. The SMILES string of the molecule is C=C(C)C(=O)OC(c1ccccc1)(c1ccccc1)C1CCC(C)CC1. The average molecular weight is 348 g/mol. The molecule has 0 radical (unpaired) electrons. The molecule has 0 N–H and O–H groups in total. The number of benzene rings is 2. The van der Waals surface area contributed by atoms with Gasteiger partial charge in [0.2, 0.25) is 0 Å². The number of hydrogen-bond donors (Lipinski definition) is 0. The molecule has 2 aromatic carbocycles. The van der Waals surface area contributed by atoms with Crippen LogP contribution in [0.5, 0.6) is 0 Å². The Morgan fingerprint density at radius 2 is 1.38 bits per heavy atom. The summed E-state index contributed by atoms with van der Waals surface area (Å²) in [5.41, 5.74) is 1.75. The van der Waals surface area contributed by atoms with Gasteiger partial charge >= 0.3 is 5.97 Å². The minimum atomic E-state index is -0.765. The Hall–Kier alpha value is -2.35. The molecule has 1 aliphatic rings. The molecule has 2 aromatic rings. The second-order valence-electron chi connectivity index (χ2n) is 7.59. The van der Waals surface area contributed by atoms with Crippen molar-refractivity contribution in [1.29, 1.82) is 0 Å². The molecule has 1 saturated carbocycles. The lowest BCUT2D eigenvalue weighted by molar-refractivity contribution is -0.159. The van der Waals surface area contributed by atoms with Crippen LogP contribution in [0.4, 0.5) is 0 Å². The van der Waals surface area contributed by atoms with Gasteiger partial charge in [-0.3, -0.25) is 0 Å². The molecule has 1 aliphatic carbocycles. The molecule has 0 unspecified atom stereocenters. The highest BCUT2D eigenvalue weighted by Gasteiger charge is 2.46. The predicted molar refractivity (Wildman–Crippen MR) is 106 cm³/mol. The molecule has 2 nitrogen and oxygen atoms in total. The highest BCUT2D eigenvalue weighted by molar-refractivity contribution is 5.87. The van der Waals surface area contributed by atoms with E-state index < -0.39 is 5.60 Å². The Morgan fingerprint density at radius 1 is 0.923 bits per heavy atom. The van der Waals surface area contributed by atoms with Crippen LogP contribution in [0.15, 0.2) is 72.8 Å². The molecule has 0 saturated heterocycles. The fourth-order valence-corrected chi connectivity index (χ4v) is 4.11. The number of hydrogen-bond acceptors (Lipinski definition) is 2. The minimum absolute atomic E-state index is 0.256. The Bertz CT molecular complexity index is 701. The highest BCUT2D eigenvalue weighted by atomic mass is 16.6. The van der Waals surface area contributed by atoms with E-state index in [9.17, 15) is 4.79 Å². The van der Waals surface area contributed by atoms with Crippen molar-refractivity contribution < 1.29 is 9.53 Å². The molecule has 0 heterocycles. The number of carbonyl (C=O) groups is 1. The maximum absolute atomic E-state index is 12.7. The first-order valence-corrected chi connectivity index (χ1v) is 9.54. The monoisotopic (exact) mass is 348 g/mol. The number of ether oxygens (including phenoxy) is 1. The molecular formula is C24H28O2. The van der Waals surface area contributed by atoms with Gasteiger partial charge in [-0.05, 0) is 25.7 Å². The van der Waals surface area contributed by atoms with Crippen LogP contribution < -0.4 is 0 Å². The summed E-state index contributed by atoms with van der Waals surface area (Å²) in [6.45, 7) is 7.83. The Balaban J connectivity index is 2.16. The van der Waals surface area contributed by atoms with Crippen LogP contribution in [0.3, 0.4) is 0 Å². The summed E-state index contributed by atoms with van der Waals surface area (Å²) in [5, 5.41) is 0. The van der Waals surface area contributed by atoms with Gasteiger partial charge in [0.1, 0.15) is 0 Å². The first-order valence-electron chi connectivity index (χ1n) is 9.54. The van der Waals surface area contributed by atoms with Crippen molar-refractivity contribution in [3.63, 3.8) is 0 Å². The molecule has 0 aliphatic heterocycles. The molecule has 0 aromatic heterocycles. The van der Waals surface area contributed by atoms with E-state index in [4.69, 9.17) is 4.74 Å². The van der Waals surface area contributed by atoms with Crippen LogP contribution in [-0.4, -0.2) is 5.97 Å². The van der Waals surface area contributed by atoms with Crippen molar-refractivity contribution in [2.45, 2.75) is 45.1 Å². The maximum Gasteiger partial charge on any atom is 0.334 e. The maximum atomic E-state index is 12.7. The summed E-state index contributed by atoms with van der Waals surface area (Å²) in [6.07, 6.45) is 4.43. The zero-order valence-electron chi connectivity index (χ0n) is 15.8. The summed E-state index contributed by atoms with van der Waals surface area (Å²) in [7, 11) is 0. The van der Waals surface area contributed by atoms with Crippen LogP contribution in [0.25, 0.3) is 0 Å². The summed E-state index contributed by atoms with van der Waals surface area (Å²) in [4.78, 5) is 12.7. The fourth-order valence-electron chi connectivity index (χ4n) is 4.11. The summed E-state index contributed by atoms with van der Waals surface area (Å²) < 4.78 is 6.31. The van der Waals surface area contributed by atoms with Crippen molar-refractivity contribution in [3.8, 4) is 0 Å². The minimum Gasteiger partial charge on any atom is -0.446 e. The second kappa shape index (κ2) is 7.90. The first kappa shape index (κ1) is 18.4. The lowest BCUT2D eigenvalue weighted by Gasteiger charge is -2.44. The molecule has 26 heavy (non-hydrogen) atoms. The van der Waals surface area contributed by atoms with E-state index in [0.717, 1.165) is 42.7 Å². The summed E-state index contributed by atoms with van der Waals surface area (Å²) >= 11 is 0. The normalized spacial score (nSPS) is 20.4. The van der Waals surface area contributed by atoms with E-state index in [1.165, 1.54) is 0 Å². The molecule has 0 amide bonds. The summed E-state index contributed by atoms with van der Waals surface area (Å²) in [5.74, 6) is 0.662. The van der Waals surface area contributed by atoms with Crippen LogP contribution in [0.1, 0.15) is 50.7 Å². The lowest BCUT2D eigenvalue weighted by atomic mass is 9.68. The Labute approximate surface area is 156 Å². The van der Waals surface area contributed by atoms with E-state index in [2.05, 4.69) is 37.8 Å². The van der Waals surface area contributed by atoms with Gasteiger partial charge in [0.25, 0.3) is 0 Å². The van der Waals surface area contributed by atoms with Gasteiger partial charge in [-0.2, -0.15) is 0 Å². The van der Waals surface area contributed by atoms with Gasteiger partial charge in [0, 0.05) is 22.6 Å². The van der Waals surface area contributed by atoms with E-state index in [1.807, 2.05) is 36.4 Å². The van der Waals surface area contributed by atoms with Gasteiger partial charge < -0.3 is 4.74 Å². The molecule has 136 valence electrons. The third-order valence-corrected chi connectivity index (χ3v) is 5.60. The van der Waals surface area contributed by atoms with E-state index >= 15 is 0 Å². The predicted octanol–water partition coefficient (Wildman–Crippen LogP) is 5.88. The smallest absolute Gasteiger partial charge is 0.334 e. The van der Waals surface area contributed by atoms with Gasteiger partial charge in [0.05, 0.1) is 0 Å². The lowest BCUT2D eigenvalue weighted by Crippen LogP contribution is -2.43. The van der Waals surface area contributed by atoms with E-state index in [0.29, 0.717) is 5.57 Å². The summed E-state index contributed by atoms with van der Waals surface area (Å²) in [6, 6.07) is 20.4. The van der Waals surface area contributed by atoms with Crippen LogP contribution in [-0.2, 0) is 15.1 Å². The van der Waals surface area contributed by atoms with Crippen molar-refractivity contribution in [1.82, 2.24) is 0 Å². The van der Waals surface area contributed by atoms with Crippen LogP contribution >= 0.6 is 0 Å². The first-order chi connectivity index (χ1) is 12.5. The molecule has 1 fully saturated rings. The number of carbonyl (C=O) groups excluding carboxylic acids is 1. The largest absolute Gasteiger partial charge is 0.446 e. The molecular weight excluding hydrogens is 320 g/mol. The number of esters is 1. The van der Waals surface area contributed by atoms with Gasteiger partial charge in [0.15, 0.2) is 5.60 Å². The Kier molecular flexibility index (Phi) is 5.61. The molecule has 0 spiro atoms. The average Bonchev–Trinajstić information content (AvgIpc) is 2.68. The third-order valence-electron chi connectivity index (χ3n) is 5.60. The Morgan fingerprint density at radius 3 is 1.81 bits per heavy atom. The fraction of sp³-hybridized carbons (Fsp3) is 0.375. The van der Waals surface area contributed by atoms with Gasteiger partial charge in [-0.25, -0.2) is 4.79 Å². The van der Waals surface area contributed by atoms with Crippen LogP contribution in [0, 0.1) is 11.8 Å². The zero-order chi connectivity index (χ0) is 18.6.